The third-order valence-corrected chi connectivity index (χ3v) is 6.30. The molecule has 7 heteroatoms. The Kier molecular flexibility index (Phi) is 3.72. The van der Waals surface area contributed by atoms with Crippen LogP contribution in [-0.2, 0) is 16.4 Å². The van der Waals surface area contributed by atoms with Crippen LogP contribution in [0.3, 0.4) is 0 Å². The number of aryl methyl sites for hydroxylation is 1. The molecule has 0 radical (unpaired) electrons. The van der Waals surface area contributed by atoms with Gasteiger partial charge in [0, 0.05) is 23.5 Å². The van der Waals surface area contributed by atoms with Gasteiger partial charge in [-0.25, -0.2) is 13.2 Å². The van der Waals surface area contributed by atoms with E-state index in [4.69, 9.17) is 4.42 Å². The molecule has 1 fully saturated rings. The molecule has 1 aromatic carbocycles. The molecule has 3 rings (SSSR count). The largest absolute Gasteiger partial charge is 0.507 e. The first-order chi connectivity index (χ1) is 10.7. The third-order valence-electron chi connectivity index (χ3n) is 4.39. The number of fused-ring (bicyclic) bond motifs is 1. The van der Waals surface area contributed by atoms with Crippen LogP contribution in [0, 0.1) is 6.92 Å². The van der Waals surface area contributed by atoms with Gasteiger partial charge < -0.3 is 14.8 Å². The molecular weight excluding hydrogens is 318 g/mol. The van der Waals surface area contributed by atoms with Gasteiger partial charge in [-0.05, 0) is 38.0 Å². The van der Waals surface area contributed by atoms with Gasteiger partial charge in [0.1, 0.15) is 11.3 Å². The SMILES string of the molecule is Cc1cc(=O)oc2c(CN[C@@]3(C)CCS(=O)(=O)C3)c(O)ccc12. The number of nitrogens with one attached hydrogen (secondary N) is 1. The molecule has 23 heavy (non-hydrogen) atoms. The number of hydrogen-bond donors (Lipinski definition) is 2. The van der Waals surface area contributed by atoms with E-state index in [2.05, 4.69) is 5.32 Å². The first kappa shape index (κ1) is 16.0. The van der Waals surface area contributed by atoms with Crippen molar-refractivity contribution in [3.63, 3.8) is 0 Å². The lowest BCUT2D eigenvalue weighted by atomic mass is 10.0. The van der Waals surface area contributed by atoms with Crippen molar-refractivity contribution in [1.82, 2.24) is 5.32 Å². The molecular formula is C16H19NO5S. The topological polar surface area (TPSA) is 96.6 Å². The maximum Gasteiger partial charge on any atom is 0.336 e. The predicted octanol–water partition coefficient (Wildman–Crippen LogP) is 1.47. The fraction of sp³-hybridized carbons (Fsp3) is 0.438. The number of phenols is 1. The summed E-state index contributed by atoms with van der Waals surface area (Å²) in [6.45, 7) is 3.88. The Morgan fingerprint density at radius 1 is 1.39 bits per heavy atom. The van der Waals surface area contributed by atoms with Gasteiger partial charge in [0.2, 0.25) is 0 Å². The van der Waals surface area contributed by atoms with E-state index in [1.807, 2.05) is 6.92 Å². The van der Waals surface area contributed by atoms with Crippen molar-refractivity contribution in [2.45, 2.75) is 32.4 Å². The summed E-state index contributed by atoms with van der Waals surface area (Å²) in [5.74, 6) is 0.240. The van der Waals surface area contributed by atoms with Crippen LogP contribution in [0.2, 0.25) is 0 Å². The third kappa shape index (κ3) is 3.11. The molecule has 1 saturated heterocycles. The Morgan fingerprint density at radius 3 is 2.78 bits per heavy atom. The van der Waals surface area contributed by atoms with Crippen LogP contribution in [0.25, 0.3) is 11.0 Å². The first-order valence-corrected chi connectivity index (χ1v) is 9.22. The highest BCUT2D eigenvalue weighted by molar-refractivity contribution is 7.91. The molecule has 0 amide bonds. The number of sulfone groups is 1. The van der Waals surface area contributed by atoms with E-state index in [-0.39, 0.29) is 23.8 Å². The average Bonchev–Trinajstić information content (AvgIpc) is 2.71. The van der Waals surface area contributed by atoms with Crippen LogP contribution in [0.5, 0.6) is 5.75 Å². The van der Waals surface area contributed by atoms with Gasteiger partial charge in [-0.15, -0.1) is 0 Å². The lowest BCUT2D eigenvalue weighted by Gasteiger charge is -2.24. The molecule has 2 aromatic rings. The summed E-state index contributed by atoms with van der Waals surface area (Å²) >= 11 is 0. The molecule has 0 bridgehead atoms. The van der Waals surface area contributed by atoms with Crippen LogP contribution in [0.4, 0.5) is 0 Å². The minimum absolute atomic E-state index is 0.0169. The minimum Gasteiger partial charge on any atom is -0.507 e. The number of benzene rings is 1. The Bertz CT molecular complexity index is 931. The molecule has 0 unspecified atom stereocenters. The second-order valence-electron chi connectivity index (χ2n) is 6.44. The van der Waals surface area contributed by atoms with Crippen molar-refractivity contribution in [3.05, 3.63) is 39.7 Å². The predicted molar refractivity (Wildman–Crippen MR) is 87.4 cm³/mol. The van der Waals surface area contributed by atoms with E-state index < -0.39 is 21.0 Å². The van der Waals surface area contributed by atoms with Crippen LogP contribution in [-0.4, -0.2) is 30.6 Å². The summed E-state index contributed by atoms with van der Waals surface area (Å²) in [4.78, 5) is 11.6. The number of hydrogen-bond acceptors (Lipinski definition) is 6. The summed E-state index contributed by atoms with van der Waals surface area (Å²) in [7, 11) is -3.02. The zero-order valence-corrected chi connectivity index (χ0v) is 13.9. The highest BCUT2D eigenvalue weighted by Gasteiger charge is 2.38. The van der Waals surface area contributed by atoms with E-state index >= 15 is 0 Å². The van der Waals surface area contributed by atoms with Crippen LogP contribution < -0.4 is 10.9 Å². The fourth-order valence-corrected chi connectivity index (χ4v) is 5.17. The van der Waals surface area contributed by atoms with Gasteiger partial charge >= 0.3 is 5.63 Å². The van der Waals surface area contributed by atoms with Crippen molar-refractivity contribution >= 4 is 20.8 Å². The summed E-state index contributed by atoms with van der Waals surface area (Å²) in [5, 5.41) is 14.1. The monoisotopic (exact) mass is 337 g/mol. The molecule has 1 aliphatic rings. The van der Waals surface area contributed by atoms with Crippen LogP contribution in [0.15, 0.2) is 27.4 Å². The van der Waals surface area contributed by atoms with Crippen LogP contribution in [0.1, 0.15) is 24.5 Å². The van der Waals surface area contributed by atoms with Gasteiger partial charge in [0.15, 0.2) is 9.84 Å². The molecule has 1 aromatic heterocycles. The maximum absolute atomic E-state index is 11.7. The lowest BCUT2D eigenvalue weighted by Crippen LogP contribution is -2.42. The van der Waals surface area contributed by atoms with E-state index in [1.165, 1.54) is 6.07 Å². The fourth-order valence-electron chi connectivity index (χ4n) is 3.05. The summed E-state index contributed by atoms with van der Waals surface area (Å²) in [6.07, 6.45) is 0.518. The zero-order valence-electron chi connectivity index (χ0n) is 13.0. The Hall–Kier alpha value is -1.86. The molecule has 6 nitrogen and oxygen atoms in total. The molecule has 1 atom stereocenters. The Labute approximate surface area is 134 Å². The van der Waals surface area contributed by atoms with E-state index in [9.17, 15) is 18.3 Å². The Morgan fingerprint density at radius 2 is 2.13 bits per heavy atom. The minimum atomic E-state index is -3.02. The molecule has 0 saturated carbocycles. The van der Waals surface area contributed by atoms with Gasteiger partial charge in [0.25, 0.3) is 0 Å². The van der Waals surface area contributed by atoms with Gasteiger partial charge in [-0.2, -0.15) is 0 Å². The van der Waals surface area contributed by atoms with Gasteiger partial charge in [-0.3, -0.25) is 0 Å². The smallest absolute Gasteiger partial charge is 0.336 e. The molecule has 124 valence electrons. The summed E-state index contributed by atoms with van der Waals surface area (Å²) in [5.41, 5.74) is 0.557. The maximum atomic E-state index is 11.7. The van der Waals surface area contributed by atoms with Crippen molar-refractivity contribution < 1.29 is 17.9 Å². The van der Waals surface area contributed by atoms with Crippen molar-refractivity contribution in [1.29, 1.82) is 0 Å². The highest BCUT2D eigenvalue weighted by atomic mass is 32.2. The molecule has 2 heterocycles. The molecule has 2 N–H and O–H groups in total. The van der Waals surface area contributed by atoms with Gasteiger partial charge in [-0.1, -0.05) is 0 Å². The van der Waals surface area contributed by atoms with E-state index in [0.717, 1.165) is 10.9 Å². The summed E-state index contributed by atoms with van der Waals surface area (Å²) < 4.78 is 28.6. The van der Waals surface area contributed by atoms with Gasteiger partial charge in [0.05, 0.1) is 17.1 Å². The molecule has 0 aliphatic carbocycles. The highest BCUT2D eigenvalue weighted by Crippen LogP contribution is 2.30. The molecule has 0 spiro atoms. The average molecular weight is 337 g/mol. The zero-order chi connectivity index (χ0) is 16.8. The van der Waals surface area contributed by atoms with E-state index in [1.54, 1.807) is 19.1 Å². The lowest BCUT2D eigenvalue weighted by molar-refractivity contribution is 0.387. The Balaban J connectivity index is 1.97. The quantitative estimate of drug-likeness (QED) is 0.824. The van der Waals surface area contributed by atoms with Crippen molar-refractivity contribution in [2.75, 3.05) is 11.5 Å². The number of phenolic OH excluding ortho intramolecular Hbond substituents is 1. The second kappa shape index (κ2) is 5.35. The van der Waals surface area contributed by atoms with Crippen molar-refractivity contribution in [2.24, 2.45) is 0 Å². The molecule has 1 aliphatic heterocycles. The van der Waals surface area contributed by atoms with E-state index in [0.29, 0.717) is 17.6 Å². The normalized spacial score (nSPS) is 23.4. The van der Waals surface area contributed by atoms with Crippen LogP contribution >= 0.6 is 0 Å². The standard InChI is InChI=1S/C16H19NO5S/c1-10-7-14(19)22-15-11(10)3-4-13(18)12(15)8-17-16(2)5-6-23(20,21)9-16/h3-4,7,17-18H,5-6,8-9H2,1-2H3/t16-/m0/s1. The number of aromatic hydroxyl groups is 1. The number of rotatable bonds is 3. The van der Waals surface area contributed by atoms with Crippen molar-refractivity contribution in [3.8, 4) is 5.75 Å². The second-order valence-corrected chi connectivity index (χ2v) is 8.63. The first-order valence-electron chi connectivity index (χ1n) is 7.40. The summed E-state index contributed by atoms with van der Waals surface area (Å²) in [6, 6.07) is 4.66.